The van der Waals surface area contributed by atoms with Crippen LogP contribution >= 0.6 is 15.9 Å². The molecule has 1 aromatic carbocycles. The number of hydrogen-bond donors (Lipinski definition) is 2. The summed E-state index contributed by atoms with van der Waals surface area (Å²) in [4.78, 5) is 13.7. The third-order valence-electron chi connectivity index (χ3n) is 2.95. The highest BCUT2D eigenvalue weighted by Crippen LogP contribution is 2.25. The quantitative estimate of drug-likeness (QED) is 0.840. The predicted octanol–water partition coefficient (Wildman–Crippen LogP) is 0.635. The molecule has 1 aliphatic heterocycles. The molecule has 0 spiro atoms. The first kappa shape index (κ1) is 13.3. The summed E-state index contributed by atoms with van der Waals surface area (Å²) < 4.78 is 5.73. The average Bonchev–Trinajstić information content (AvgIpc) is 2.69. The zero-order valence-electron chi connectivity index (χ0n) is 9.84. The third-order valence-corrected chi connectivity index (χ3v) is 3.64. The van der Waals surface area contributed by atoms with Crippen molar-refractivity contribution in [3.8, 4) is 5.75 Å². The number of carbonyl (C=O) groups is 1. The van der Waals surface area contributed by atoms with Gasteiger partial charge in [0.05, 0.1) is 24.9 Å². The van der Waals surface area contributed by atoms with Crippen LogP contribution in [0.15, 0.2) is 22.7 Å². The van der Waals surface area contributed by atoms with E-state index in [1.807, 2.05) is 0 Å². The predicted molar refractivity (Wildman–Crippen MR) is 68.6 cm³/mol. The van der Waals surface area contributed by atoms with E-state index in [1.54, 1.807) is 18.2 Å². The Bertz CT molecular complexity index is 455. The number of carbonyl (C=O) groups excluding carboxylic acids is 1. The van der Waals surface area contributed by atoms with Crippen LogP contribution in [0.1, 0.15) is 10.4 Å². The van der Waals surface area contributed by atoms with Crippen LogP contribution in [0.4, 0.5) is 0 Å². The minimum Gasteiger partial charge on any atom is -0.497 e. The van der Waals surface area contributed by atoms with Crippen LogP contribution in [0.2, 0.25) is 0 Å². The van der Waals surface area contributed by atoms with Gasteiger partial charge in [-0.15, -0.1) is 0 Å². The second-order valence-electron chi connectivity index (χ2n) is 4.19. The van der Waals surface area contributed by atoms with Crippen LogP contribution in [0, 0.1) is 0 Å². The molecular formula is C12H14BrNO4. The maximum absolute atomic E-state index is 12.2. The van der Waals surface area contributed by atoms with E-state index in [2.05, 4.69) is 15.9 Å². The summed E-state index contributed by atoms with van der Waals surface area (Å²) >= 11 is 3.31. The molecule has 1 saturated heterocycles. The Morgan fingerprint density at radius 2 is 2.00 bits per heavy atom. The Kier molecular flexibility index (Phi) is 3.89. The number of β-amino-alcohol motifs (C(OH)–C–C–N with tert-alkyl or cyclic N) is 2. The zero-order valence-corrected chi connectivity index (χ0v) is 11.4. The first-order chi connectivity index (χ1) is 8.52. The van der Waals surface area contributed by atoms with E-state index in [0.717, 1.165) is 0 Å². The molecule has 18 heavy (non-hydrogen) atoms. The Hall–Kier alpha value is -1.11. The van der Waals surface area contributed by atoms with Gasteiger partial charge in [0.15, 0.2) is 0 Å². The van der Waals surface area contributed by atoms with Crippen molar-refractivity contribution in [1.82, 2.24) is 4.90 Å². The lowest BCUT2D eigenvalue weighted by Gasteiger charge is -2.16. The molecule has 1 aliphatic rings. The Labute approximate surface area is 113 Å². The number of halogens is 1. The average molecular weight is 316 g/mol. The lowest BCUT2D eigenvalue weighted by molar-refractivity contribution is 0.0572. The van der Waals surface area contributed by atoms with Crippen LogP contribution in [0.5, 0.6) is 5.75 Å². The fourth-order valence-electron chi connectivity index (χ4n) is 1.90. The highest BCUT2D eigenvalue weighted by molar-refractivity contribution is 9.10. The monoisotopic (exact) mass is 315 g/mol. The van der Waals surface area contributed by atoms with Crippen molar-refractivity contribution in [2.45, 2.75) is 12.2 Å². The molecule has 2 rings (SSSR count). The molecule has 0 unspecified atom stereocenters. The molecule has 2 N–H and O–H groups in total. The zero-order chi connectivity index (χ0) is 13.3. The summed E-state index contributed by atoms with van der Waals surface area (Å²) in [5.41, 5.74) is 0.454. The molecule has 0 aliphatic carbocycles. The van der Waals surface area contributed by atoms with Gasteiger partial charge in [-0.1, -0.05) is 0 Å². The van der Waals surface area contributed by atoms with E-state index >= 15 is 0 Å². The van der Waals surface area contributed by atoms with Gasteiger partial charge in [0, 0.05) is 17.6 Å². The highest BCUT2D eigenvalue weighted by Gasteiger charge is 2.33. The van der Waals surface area contributed by atoms with Crippen molar-refractivity contribution in [2.75, 3.05) is 20.2 Å². The van der Waals surface area contributed by atoms with Crippen molar-refractivity contribution in [1.29, 1.82) is 0 Å². The Balaban J connectivity index is 2.23. The van der Waals surface area contributed by atoms with E-state index in [4.69, 9.17) is 4.74 Å². The number of hydrogen-bond acceptors (Lipinski definition) is 4. The minimum atomic E-state index is -0.877. The molecule has 0 saturated carbocycles. The van der Waals surface area contributed by atoms with E-state index < -0.39 is 12.2 Å². The van der Waals surface area contributed by atoms with Gasteiger partial charge in [0.25, 0.3) is 5.91 Å². The van der Waals surface area contributed by atoms with Crippen LogP contribution in [0.25, 0.3) is 0 Å². The molecule has 5 nitrogen and oxygen atoms in total. The van der Waals surface area contributed by atoms with Crippen LogP contribution in [-0.4, -0.2) is 53.4 Å². The van der Waals surface area contributed by atoms with Gasteiger partial charge in [0.2, 0.25) is 0 Å². The molecule has 6 heteroatoms. The van der Waals surface area contributed by atoms with Gasteiger partial charge in [0.1, 0.15) is 5.75 Å². The second kappa shape index (κ2) is 5.26. The van der Waals surface area contributed by atoms with Gasteiger partial charge in [-0.25, -0.2) is 0 Å². The van der Waals surface area contributed by atoms with E-state index in [0.29, 0.717) is 15.8 Å². The number of benzene rings is 1. The number of aliphatic hydroxyl groups is 2. The molecule has 1 aromatic rings. The lowest BCUT2D eigenvalue weighted by atomic mass is 10.2. The van der Waals surface area contributed by atoms with Crippen LogP contribution in [-0.2, 0) is 0 Å². The van der Waals surface area contributed by atoms with Crippen molar-refractivity contribution >= 4 is 21.8 Å². The summed E-state index contributed by atoms with van der Waals surface area (Å²) in [6, 6.07) is 5.10. The summed E-state index contributed by atoms with van der Waals surface area (Å²) in [6.45, 7) is 0.285. The number of rotatable bonds is 2. The van der Waals surface area contributed by atoms with Crippen molar-refractivity contribution in [2.24, 2.45) is 0 Å². The molecule has 1 heterocycles. The van der Waals surface area contributed by atoms with Crippen molar-refractivity contribution < 1.29 is 19.7 Å². The smallest absolute Gasteiger partial charge is 0.255 e. The van der Waals surface area contributed by atoms with Crippen molar-refractivity contribution in [3.63, 3.8) is 0 Å². The fourth-order valence-corrected chi connectivity index (χ4v) is 2.32. The van der Waals surface area contributed by atoms with E-state index in [1.165, 1.54) is 12.0 Å². The van der Waals surface area contributed by atoms with Gasteiger partial charge in [-0.2, -0.15) is 0 Å². The first-order valence-electron chi connectivity index (χ1n) is 5.52. The van der Waals surface area contributed by atoms with Crippen LogP contribution < -0.4 is 4.74 Å². The first-order valence-corrected chi connectivity index (χ1v) is 6.31. The summed E-state index contributed by atoms with van der Waals surface area (Å²) in [6.07, 6.45) is -1.75. The Morgan fingerprint density at radius 3 is 2.56 bits per heavy atom. The lowest BCUT2D eigenvalue weighted by Crippen LogP contribution is -2.30. The second-order valence-corrected chi connectivity index (χ2v) is 5.04. The van der Waals surface area contributed by atoms with E-state index in [9.17, 15) is 15.0 Å². The van der Waals surface area contributed by atoms with E-state index in [-0.39, 0.29) is 19.0 Å². The molecule has 1 fully saturated rings. The Morgan fingerprint density at radius 1 is 1.39 bits per heavy atom. The topological polar surface area (TPSA) is 70.0 Å². The number of aliphatic hydroxyl groups excluding tert-OH is 2. The summed E-state index contributed by atoms with van der Waals surface area (Å²) in [5.74, 6) is 0.346. The number of amides is 1. The third kappa shape index (κ3) is 2.50. The van der Waals surface area contributed by atoms with Gasteiger partial charge in [-0.05, 0) is 34.1 Å². The number of nitrogens with zero attached hydrogens (tertiary/aromatic N) is 1. The molecule has 0 bridgehead atoms. The standard InChI is InChI=1S/C12H14BrNO4/c1-18-7-2-3-9(13)8(4-7)12(17)14-5-10(15)11(16)6-14/h2-4,10-11,15-16H,5-6H2,1H3/t10-,11+. The maximum atomic E-state index is 12.2. The SMILES string of the molecule is COc1ccc(Br)c(C(=O)N2C[C@@H](O)[C@@H](O)C2)c1. The fraction of sp³-hybridized carbons (Fsp3) is 0.417. The van der Waals surface area contributed by atoms with Gasteiger partial charge in [-0.3, -0.25) is 4.79 Å². The molecule has 1 amide bonds. The molecule has 98 valence electrons. The van der Waals surface area contributed by atoms with Gasteiger partial charge >= 0.3 is 0 Å². The summed E-state index contributed by atoms with van der Waals surface area (Å²) in [7, 11) is 1.53. The number of methoxy groups -OCH3 is 1. The van der Waals surface area contributed by atoms with Crippen molar-refractivity contribution in [3.05, 3.63) is 28.2 Å². The molecule has 0 aromatic heterocycles. The molecule has 2 atom stereocenters. The normalized spacial score (nSPS) is 23.2. The van der Waals surface area contributed by atoms with Gasteiger partial charge < -0.3 is 19.8 Å². The van der Waals surface area contributed by atoms with Crippen LogP contribution in [0.3, 0.4) is 0 Å². The largest absolute Gasteiger partial charge is 0.497 e. The summed E-state index contributed by atoms with van der Waals surface area (Å²) in [5, 5.41) is 18.9. The maximum Gasteiger partial charge on any atom is 0.255 e. The minimum absolute atomic E-state index is 0.143. The molecule has 0 radical (unpaired) electrons. The molecular weight excluding hydrogens is 302 g/mol. The number of likely N-dealkylation sites (tertiary alicyclic amines) is 1. The highest BCUT2D eigenvalue weighted by atomic mass is 79.9. The number of ether oxygens (including phenoxy) is 1.